The van der Waals surface area contributed by atoms with Crippen molar-refractivity contribution in [2.45, 2.75) is 13.0 Å². The molecule has 0 aromatic heterocycles. The lowest BCUT2D eigenvalue weighted by Gasteiger charge is -2.14. The highest BCUT2D eigenvalue weighted by molar-refractivity contribution is 6.31. The van der Waals surface area contributed by atoms with Crippen LogP contribution in [0.4, 0.5) is 4.79 Å². The Kier molecular flexibility index (Phi) is 5.15. The number of nitriles is 1. The van der Waals surface area contributed by atoms with Crippen molar-refractivity contribution < 1.29 is 14.3 Å². The molecule has 1 unspecified atom stereocenters. The molecule has 100 valence electrons. The number of nitrogens with zero attached hydrogens (tertiary/aromatic N) is 1. The minimum atomic E-state index is -0.874. The summed E-state index contributed by atoms with van der Waals surface area (Å²) in [4.78, 5) is 22.5. The van der Waals surface area contributed by atoms with Gasteiger partial charge < -0.3 is 10.1 Å². The van der Waals surface area contributed by atoms with E-state index in [-0.39, 0.29) is 5.02 Å². The lowest BCUT2D eigenvalue weighted by atomic mass is 10.2. The van der Waals surface area contributed by atoms with Crippen molar-refractivity contribution in [1.29, 1.82) is 5.26 Å². The maximum Gasteiger partial charge on any atom is 0.321 e. The molecule has 19 heavy (non-hydrogen) atoms. The lowest BCUT2D eigenvalue weighted by molar-refractivity contribution is -0.126. The van der Waals surface area contributed by atoms with Crippen LogP contribution < -0.4 is 15.4 Å². The van der Waals surface area contributed by atoms with Crippen LogP contribution in [0.5, 0.6) is 5.75 Å². The zero-order chi connectivity index (χ0) is 14.4. The molecule has 0 spiro atoms. The molecule has 2 N–H and O–H groups in total. The van der Waals surface area contributed by atoms with Crippen LogP contribution in [-0.4, -0.2) is 25.1 Å². The molecular weight excluding hydrogens is 270 g/mol. The molecule has 0 saturated heterocycles. The van der Waals surface area contributed by atoms with E-state index < -0.39 is 18.0 Å². The highest BCUT2D eigenvalue weighted by Gasteiger charge is 2.17. The highest BCUT2D eigenvalue weighted by atomic mass is 35.5. The highest BCUT2D eigenvalue weighted by Crippen LogP contribution is 2.22. The summed E-state index contributed by atoms with van der Waals surface area (Å²) >= 11 is 5.83. The molecule has 0 aliphatic heterocycles. The van der Waals surface area contributed by atoms with Gasteiger partial charge in [0.05, 0.1) is 10.6 Å². The summed E-state index contributed by atoms with van der Waals surface area (Å²) in [6, 6.07) is 5.74. The Morgan fingerprint density at radius 2 is 2.16 bits per heavy atom. The van der Waals surface area contributed by atoms with Gasteiger partial charge in [0.2, 0.25) is 0 Å². The minimum absolute atomic E-state index is 0.235. The number of nitrogens with one attached hydrogen (secondary N) is 2. The van der Waals surface area contributed by atoms with Gasteiger partial charge in [0.1, 0.15) is 11.8 Å². The van der Waals surface area contributed by atoms with Crippen LogP contribution in [0.3, 0.4) is 0 Å². The van der Waals surface area contributed by atoms with Crippen molar-refractivity contribution >= 4 is 23.5 Å². The predicted octanol–water partition coefficient (Wildman–Crippen LogP) is 1.43. The molecular formula is C12H12ClN3O3. The number of urea groups is 1. The van der Waals surface area contributed by atoms with E-state index in [1.54, 1.807) is 0 Å². The van der Waals surface area contributed by atoms with Crippen molar-refractivity contribution in [2.24, 2.45) is 0 Å². The number of benzene rings is 1. The molecule has 0 saturated carbocycles. The van der Waals surface area contributed by atoms with E-state index in [0.717, 1.165) is 0 Å². The first-order valence-corrected chi connectivity index (χ1v) is 5.74. The number of hydrogen-bond acceptors (Lipinski definition) is 4. The monoisotopic (exact) mass is 281 g/mol. The standard InChI is InChI=1S/C12H12ClN3O3/c1-7(11(17)16-12(18)15-2)19-9-4-3-8(6-14)10(13)5-9/h3-5,7H,1-2H3,(H2,15,16,17,18). The van der Waals surface area contributed by atoms with Crippen LogP contribution in [-0.2, 0) is 4.79 Å². The van der Waals surface area contributed by atoms with Gasteiger partial charge in [-0.05, 0) is 19.1 Å². The minimum Gasteiger partial charge on any atom is -0.481 e. The van der Waals surface area contributed by atoms with Crippen LogP contribution in [0, 0.1) is 11.3 Å². The molecule has 0 bridgehead atoms. The van der Waals surface area contributed by atoms with E-state index in [2.05, 4.69) is 10.6 Å². The second kappa shape index (κ2) is 6.61. The van der Waals surface area contributed by atoms with Gasteiger partial charge in [-0.1, -0.05) is 11.6 Å². The van der Waals surface area contributed by atoms with Crippen LogP contribution in [0.2, 0.25) is 5.02 Å². The Balaban J connectivity index is 2.69. The van der Waals surface area contributed by atoms with Gasteiger partial charge in [-0.15, -0.1) is 0 Å². The van der Waals surface area contributed by atoms with Crippen LogP contribution >= 0.6 is 11.6 Å². The fraction of sp³-hybridized carbons (Fsp3) is 0.250. The van der Waals surface area contributed by atoms with E-state index in [4.69, 9.17) is 21.6 Å². The maximum atomic E-state index is 11.5. The SMILES string of the molecule is CNC(=O)NC(=O)C(C)Oc1ccc(C#N)c(Cl)c1. The number of amides is 3. The number of halogens is 1. The van der Waals surface area contributed by atoms with Gasteiger partial charge >= 0.3 is 6.03 Å². The molecule has 1 aromatic carbocycles. The van der Waals surface area contributed by atoms with Gasteiger partial charge in [-0.2, -0.15) is 5.26 Å². The molecule has 3 amide bonds. The quantitative estimate of drug-likeness (QED) is 0.877. The molecule has 0 heterocycles. The zero-order valence-electron chi connectivity index (χ0n) is 10.4. The normalized spacial score (nSPS) is 11.1. The van der Waals surface area contributed by atoms with Gasteiger partial charge in [-0.3, -0.25) is 10.1 Å². The number of carbonyl (C=O) groups is 2. The fourth-order valence-electron chi connectivity index (χ4n) is 1.19. The largest absolute Gasteiger partial charge is 0.481 e. The van der Waals surface area contributed by atoms with Crippen molar-refractivity contribution in [3.8, 4) is 11.8 Å². The first-order valence-electron chi connectivity index (χ1n) is 5.36. The maximum absolute atomic E-state index is 11.5. The Hall–Kier alpha value is -2.26. The first kappa shape index (κ1) is 14.8. The Bertz CT molecular complexity index is 540. The summed E-state index contributed by atoms with van der Waals surface area (Å²) in [7, 11) is 1.40. The third-order valence-electron chi connectivity index (χ3n) is 2.21. The van der Waals surface area contributed by atoms with Crippen molar-refractivity contribution in [2.75, 3.05) is 7.05 Å². The van der Waals surface area contributed by atoms with E-state index in [1.165, 1.54) is 32.2 Å². The van der Waals surface area contributed by atoms with Crippen LogP contribution in [0.25, 0.3) is 0 Å². The summed E-state index contributed by atoms with van der Waals surface area (Å²) in [6.07, 6.45) is -0.874. The molecule has 6 nitrogen and oxygen atoms in total. The molecule has 1 rings (SSSR count). The Morgan fingerprint density at radius 3 is 2.68 bits per heavy atom. The van der Waals surface area contributed by atoms with Crippen LogP contribution in [0.1, 0.15) is 12.5 Å². The number of rotatable bonds is 3. The van der Waals surface area contributed by atoms with E-state index in [0.29, 0.717) is 11.3 Å². The second-order valence-corrected chi connectivity index (χ2v) is 3.99. The molecule has 0 aliphatic rings. The number of hydrogen-bond donors (Lipinski definition) is 2. The van der Waals surface area contributed by atoms with Crippen molar-refractivity contribution in [1.82, 2.24) is 10.6 Å². The number of carbonyl (C=O) groups excluding carboxylic acids is 2. The topological polar surface area (TPSA) is 91.2 Å². The summed E-state index contributed by atoms with van der Waals surface area (Å²) in [6.45, 7) is 1.49. The Labute approximate surface area is 115 Å². The molecule has 1 atom stereocenters. The summed E-state index contributed by atoms with van der Waals surface area (Å²) in [5.41, 5.74) is 0.316. The third kappa shape index (κ3) is 4.16. The predicted molar refractivity (Wildman–Crippen MR) is 68.9 cm³/mol. The average Bonchev–Trinajstić information content (AvgIpc) is 2.38. The van der Waals surface area contributed by atoms with Gasteiger partial charge in [-0.25, -0.2) is 4.79 Å². The molecule has 0 fully saturated rings. The first-order chi connectivity index (χ1) is 8.97. The van der Waals surface area contributed by atoms with E-state index >= 15 is 0 Å². The van der Waals surface area contributed by atoms with Crippen LogP contribution in [0.15, 0.2) is 18.2 Å². The average molecular weight is 282 g/mol. The summed E-state index contributed by atoms with van der Waals surface area (Å²) in [5.74, 6) is -0.247. The van der Waals surface area contributed by atoms with Gasteiger partial charge in [0, 0.05) is 13.1 Å². The summed E-state index contributed by atoms with van der Waals surface area (Å²) < 4.78 is 5.32. The number of imide groups is 1. The lowest BCUT2D eigenvalue weighted by Crippen LogP contribution is -2.43. The van der Waals surface area contributed by atoms with E-state index in [9.17, 15) is 9.59 Å². The Morgan fingerprint density at radius 1 is 1.47 bits per heavy atom. The number of ether oxygens (including phenoxy) is 1. The molecule has 7 heteroatoms. The fourth-order valence-corrected chi connectivity index (χ4v) is 1.41. The summed E-state index contributed by atoms with van der Waals surface area (Å²) in [5, 5.41) is 13.3. The van der Waals surface area contributed by atoms with E-state index in [1.807, 2.05) is 6.07 Å². The van der Waals surface area contributed by atoms with Gasteiger partial charge in [0.15, 0.2) is 6.10 Å². The molecule has 1 aromatic rings. The third-order valence-corrected chi connectivity index (χ3v) is 2.52. The molecule has 0 aliphatic carbocycles. The van der Waals surface area contributed by atoms with Crippen molar-refractivity contribution in [3.63, 3.8) is 0 Å². The smallest absolute Gasteiger partial charge is 0.321 e. The van der Waals surface area contributed by atoms with Gasteiger partial charge in [0.25, 0.3) is 5.91 Å². The zero-order valence-corrected chi connectivity index (χ0v) is 11.1. The second-order valence-electron chi connectivity index (χ2n) is 3.58. The molecule has 0 radical (unpaired) electrons. The van der Waals surface area contributed by atoms with Crippen molar-refractivity contribution in [3.05, 3.63) is 28.8 Å².